The molecule has 2 heterocycles. The lowest BCUT2D eigenvalue weighted by atomic mass is 9.93. The minimum absolute atomic E-state index is 0.285. The molecule has 0 spiro atoms. The predicted molar refractivity (Wildman–Crippen MR) is 66.4 cm³/mol. The molecule has 0 aliphatic rings. The van der Waals surface area contributed by atoms with Crippen molar-refractivity contribution in [1.82, 2.24) is 19.9 Å². The minimum Gasteiger partial charge on any atom is -0.341 e. The molecular formula is C11H13N5S. The lowest BCUT2D eigenvalue weighted by molar-refractivity contribution is 0.482. The van der Waals surface area contributed by atoms with E-state index in [4.69, 9.17) is 5.26 Å². The molecule has 0 aliphatic heterocycles. The Morgan fingerprint density at radius 1 is 1.41 bits per heavy atom. The maximum Gasteiger partial charge on any atom is 0.181 e. The monoisotopic (exact) mass is 247 g/mol. The van der Waals surface area contributed by atoms with Gasteiger partial charge in [-0.3, -0.25) is 0 Å². The van der Waals surface area contributed by atoms with Gasteiger partial charge in [0.1, 0.15) is 16.9 Å². The quantitative estimate of drug-likeness (QED) is 0.663. The van der Waals surface area contributed by atoms with E-state index in [1.807, 2.05) is 13.8 Å². The molecule has 0 aliphatic carbocycles. The average Bonchev–Trinajstić information content (AvgIpc) is 2.78. The van der Waals surface area contributed by atoms with Gasteiger partial charge in [-0.05, 0) is 20.3 Å². The lowest BCUT2D eigenvalue weighted by Gasteiger charge is -2.13. The molecule has 0 saturated carbocycles. The SMILES string of the molecule is CC(C)(C#N)CCSc1ncnc2nc[nH]c12. The molecule has 0 amide bonds. The molecule has 2 rings (SSSR count). The highest BCUT2D eigenvalue weighted by atomic mass is 32.2. The first-order valence-electron chi connectivity index (χ1n) is 5.30. The largest absolute Gasteiger partial charge is 0.341 e. The second-order valence-corrected chi connectivity index (χ2v) is 5.46. The number of nitriles is 1. The first kappa shape index (κ1) is 11.9. The Hall–Kier alpha value is -1.61. The van der Waals surface area contributed by atoms with Gasteiger partial charge in [0.2, 0.25) is 0 Å². The zero-order valence-electron chi connectivity index (χ0n) is 9.77. The molecule has 0 fully saturated rings. The first-order chi connectivity index (χ1) is 8.12. The molecule has 0 radical (unpaired) electrons. The summed E-state index contributed by atoms with van der Waals surface area (Å²) < 4.78 is 0. The van der Waals surface area contributed by atoms with Crippen molar-refractivity contribution in [2.45, 2.75) is 25.3 Å². The minimum atomic E-state index is -0.285. The van der Waals surface area contributed by atoms with Crippen LogP contribution in [-0.4, -0.2) is 25.7 Å². The molecule has 1 N–H and O–H groups in total. The van der Waals surface area contributed by atoms with Crippen molar-refractivity contribution in [3.05, 3.63) is 12.7 Å². The van der Waals surface area contributed by atoms with Crippen molar-refractivity contribution in [3.8, 4) is 6.07 Å². The maximum atomic E-state index is 8.93. The fraction of sp³-hybridized carbons (Fsp3) is 0.455. The van der Waals surface area contributed by atoms with Gasteiger partial charge in [0.25, 0.3) is 0 Å². The molecule has 0 saturated heterocycles. The number of nitrogens with one attached hydrogen (secondary N) is 1. The number of aromatic nitrogens is 4. The van der Waals surface area contributed by atoms with Gasteiger partial charge < -0.3 is 4.98 Å². The Labute approximate surface area is 104 Å². The standard InChI is InChI=1S/C11H13N5S/c1-11(2,5-12)3-4-17-10-8-9(14-6-13-8)15-7-16-10/h6-7H,3-4H2,1-2H3,(H,13,14,15,16). The van der Waals surface area contributed by atoms with Gasteiger partial charge in [-0.25, -0.2) is 15.0 Å². The third-order valence-corrected chi connectivity index (χ3v) is 3.45. The zero-order chi connectivity index (χ0) is 12.3. The molecular weight excluding hydrogens is 234 g/mol. The molecule has 6 heteroatoms. The van der Waals surface area contributed by atoms with Gasteiger partial charge in [-0.1, -0.05) is 0 Å². The highest BCUT2D eigenvalue weighted by Crippen LogP contribution is 2.27. The number of nitrogens with zero attached hydrogens (tertiary/aromatic N) is 4. The van der Waals surface area contributed by atoms with Crippen LogP contribution in [0.3, 0.4) is 0 Å². The van der Waals surface area contributed by atoms with Gasteiger partial charge in [0.15, 0.2) is 5.65 Å². The second-order valence-electron chi connectivity index (χ2n) is 4.37. The Kier molecular flexibility index (Phi) is 3.29. The number of hydrogen-bond donors (Lipinski definition) is 1. The van der Waals surface area contributed by atoms with Crippen LogP contribution in [-0.2, 0) is 0 Å². The van der Waals surface area contributed by atoms with Crippen molar-refractivity contribution in [1.29, 1.82) is 5.26 Å². The molecule has 88 valence electrons. The van der Waals surface area contributed by atoms with Crippen LogP contribution in [0.1, 0.15) is 20.3 Å². The summed E-state index contributed by atoms with van der Waals surface area (Å²) >= 11 is 1.62. The molecule has 2 aromatic rings. The van der Waals surface area contributed by atoms with Crippen molar-refractivity contribution in [3.63, 3.8) is 0 Å². The van der Waals surface area contributed by atoms with E-state index in [1.54, 1.807) is 18.1 Å². The van der Waals surface area contributed by atoms with Crippen molar-refractivity contribution in [2.75, 3.05) is 5.75 Å². The Balaban J connectivity index is 2.05. The molecule has 0 aromatic carbocycles. The molecule has 0 bridgehead atoms. The van der Waals surface area contributed by atoms with Crippen molar-refractivity contribution in [2.24, 2.45) is 5.41 Å². The molecule has 2 aromatic heterocycles. The highest BCUT2D eigenvalue weighted by molar-refractivity contribution is 7.99. The van der Waals surface area contributed by atoms with E-state index < -0.39 is 0 Å². The van der Waals surface area contributed by atoms with Crippen LogP contribution in [0, 0.1) is 16.7 Å². The lowest BCUT2D eigenvalue weighted by Crippen LogP contribution is -2.08. The van der Waals surface area contributed by atoms with E-state index in [2.05, 4.69) is 26.0 Å². The normalized spacial score (nSPS) is 11.6. The van der Waals surface area contributed by atoms with Gasteiger partial charge in [0, 0.05) is 5.75 Å². The molecule has 17 heavy (non-hydrogen) atoms. The summed E-state index contributed by atoms with van der Waals surface area (Å²) in [6.07, 6.45) is 3.96. The highest BCUT2D eigenvalue weighted by Gasteiger charge is 2.16. The molecule has 5 nitrogen and oxygen atoms in total. The number of H-pyrrole nitrogens is 1. The van der Waals surface area contributed by atoms with Crippen LogP contribution in [0.25, 0.3) is 11.2 Å². The number of rotatable bonds is 4. The average molecular weight is 247 g/mol. The number of thioether (sulfide) groups is 1. The Bertz CT molecular complexity index is 554. The van der Waals surface area contributed by atoms with Crippen LogP contribution >= 0.6 is 11.8 Å². The van der Waals surface area contributed by atoms with Gasteiger partial charge in [-0.2, -0.15) is 5.26 Å². The van der Waals surface area contributed by atoms with Crippen LogP contribution in [0.2, 0.25) is 0 Å². The van der Waals surface area contributed by atoms with Crippen LogP contribution < -0.4 is 0 Å². The summed E-state index contributed by atoms with van der Waals surface area (Å²) in [5, 5.41) is 9.82. The number of fused-ring (bicyclic) bond motifs is 1. The zero-order valence-corrected chi connectivity index (χ0v) is 10.6. The van der Waals surface area contributed by atoms with Crippen LogP contribution in [0.15, 0.2) is 17.7 Å². The van der Waals surface area contributed by atoms with Gasteiger partial charge >= 0.3 is 0 Å². The number of imidazole rings is 1. The third-order valence-electron chi connectivity index (χ3n) is 2.46. The van der Waals surface area contributed by atoms with Crippen molar-refractivity contribution < 1.29 is 0 Å². The summed E-state index contributed by atoms with van der Waals surface area (Å²) in [4.78, 5) is 15.4. The third kappa shape index (κ3) is 2.74. The van der Waals surface area contributed by atoms with Crippen LogP contribution in [0.4, 0.5) is 0 Å². The smallest absolute Gasteiger partial charge is 0.181 e. The summed E-state index contributed by atoms with van der Waals surface area (Å²) in [6, 6.07) is 2.29. The number of hydrogen-bond acceptors (Lipinski definition) is 5. The van der Waals surface area contributed by atoms with E-state index in [-0.39, 0.29) is 5.41 Å². The maximum absolute atomic E-state index is 8.93. The second kappa shape index (κ2) is 4.72. The Morgan fingerprint density at radius 3 is 3.00 bits per heavy atom. The van der Waals surface area contributed by atoms with E-state index in [0.717, 1.165) is 22.7 Å². The fourth-order valence-electron chi connectivity index (χ4n) is 1.31. The summed E-state index contributed by atoms with van der Waals surface area (Å²) in [5.41, 5.74) is 1.27. The van der Waals surface area contributed by atoms with E-state index >= 15 is 0 Å². The summed E-state index contributed by atoms with van der Waals surface area (Å²) in [7, 11) is 0. The summed E-state index contributed by atoms with van der Waals surface area (Å²) in [5.74, 6) is 0.853. The van der Waals surface area contributed by atoms with Gasteiger partial charge in [0.05, 0.1) is 17.8 Å². The predicted octanol–water partition coefficient (Wildman–Crippen LogP) is 2.38. The van der Waals surface area contributed by atoms with E-state index in [0.29, 0.717) is 5.65 Å². The van der Waals surface area contributed by atoms with E-state index in [1.165, 1.54) is 6.33 Å². The Morgan fingerprint density at radius 2 is 2.24 bits per heavy atom. The molecule has 0 atom stereocenters. The first-order valence-corrected chi connectivity index (χ1v) is 6.29. The fourth-order valence-corrected chi connectivity index (χ4v) is 2.53. The topological polar surface area (TPSA) is 78.2 Å². The van der Waals surface area contributed by atoms with Crippen LogP contribution in [0.5, 0.6) is 0 Å². The molecule has 0 unspecified atom stereocenters. The van der Waals surface area contributed by atoms with E-state index in [9.17, 15) is 0 Å². The van der Waals surface area contributed by atoms with Crippen molar-refractivity contribution >= 4 is 22.9 Å². The summed E-state index contributed by atoms with van der Waals surface area (Å²) in [6.45, 7) is 3.89. The van der Waals surface area contributed by atoms with Gasteiger partial charge in [-0.15, -0.1) is 11.8 Å². The number of aromatic amines is 1.